The number of carbonyl (C=O) groups is 2. The zero-order valence-electron chi connectivity index (χ0n) is 12.9. The fourth-order valence-electron chi connectivity index (χ4n) is 3.77. The average molecular weight is 329 g/mol. The molecule has 124 valence electrons. The van der Waals surface area contributed by atoms with E-state index in [1.807, 2.05) is 4.90 Å². The number of amides is 2. The number of hydrogen-bond donors (Lipinski definition) is 0. The highest BCUT2D eigenvalue weighted by Gasteiger charge is 2.48. The third-order valence-corrected chi connectivity index (χ3v) is 6.38. The van der Waals surface area contributed by atoms with Gasteiger partial charge < -0.3 is 0 Å². The van der Waals surface area contributed by atoms with Crippen LogP contribution in [0.4, 0.5) is 0 Å². The van der Waals surface area contributed by atoms with Crippen molar-refractivity contribution in [3.8, 4) is 0 Å². The van der Waals surface area contributed by atoms with Crippen molar-refractivity contribution >= 4 is 21.8 Å². The van der Waals surface area contributed by atoms with Gasteiger partial charge in [0, 0.05) is 26.2 Å². The molecule has 8 heteroatoms. The van der Waals surface area contributed by atoms with E-state index in [2.05, 4.69) is 0 Å². The van der Waals surface area contributed by atoms with Crippen LogP contribution in [0.5, 0.6) is 0 Å². The van der Waals surface area contributed by atoms with Crippen LogP contribution < -0.4 is 0 Å². The fourth-order valence-corrected chi connectivity index (χ4v) is 4.60. The van der Waals surface area contributed by atoms with Crippen molar-refractivity contribution in [2.24, 2.45) is 11.8 Å². The number of hydrogen-bond acceptors (Lipinski definition) is 5. The Morgan fingerprint density at radius 3 is 1.91 bits per heavy atom. The van der Waals surface area contributed by atoms with Gasteiger partial charge in [-0.15, -0.1) is 0 Å². The number of nitrogens with zero attached hydrogens (tertiary/aromatic N) is 3. The quantitative estimate of drug-likeness (QED) is 0.664. The van der Waals surface area contributed by atoms with Gasteiger partial charge in [-0.3, -0.25) is 19.4 Å². The Morgan fingerprint density at radius 1 is 0.955 bits per heavy atom. The largest absolute Gasteiger partial charge is 0.283 e. The maximum Gasteiger partial charge on any atom is 0.234 e. The van der Waals surface area contributed by atoms with Gasteiger partial charge in [-0.2, -0.15) is 4.31 Å². The third-order valence-electron chi connectivity index (χ3n) is 5.07. The van der Waals surface area contributed by atoms with E-state index in [-0.39, 0.29) is 23.7 Å². The number of carbonyl (C=O) groups excluding carboxylic acids is 2. The van der Waals surface area contributed by atoms with E-state index in [4.69, 9.17) is 0 Å². The summed E-state index contributed by atoms with van der Waals surface area (Å²) in [5.41, 5.74) is 0. The Balaban J connectivity index is 1.60. The third kappa shape index (κ3) is 2.91. The first-order valence-electron chi connectivity index (χ1n) is 7.90. The number of rotatable bonds is 3. The lowest BCUT2D eigenvalue weighted by atomic mass is 9.81. The second-order valence-electron chi connectivity index (χ2n) is 6.52. The molecule has 0 N–H and O–H groups in total. The molecule has 0 aromatic carbocycles. The number of fused-ring (bicyclic) bond motifs is 1. The summed E-state index contributed by atoms with van der Waals surface area (Å²) in [6.07, 6.45) is 4.92. The van der Waals surface area contributed by atoms with E-state index < -0.39 is 10.0 Å². The molecule has 1 aliphatic carbocycles. The summed E-state index contributed by atoms with van der Waals surface area (Å²) in [7, 11) is -3.16. The zero-order valence-corrected chi connectivity index (χ0v) is 13.7. The van der Waals surface area contributed by atoms with Gasteiger partial charge in [0.2, 0.25) is 21.8 Å². The van der Waals surface area contributed by atoms with E-state index in [1.54, 1.807) is 0 Å². The summed E-state index contributed by atoms with van der Waals surface area (Å²) in [6, 6.07) is 0. The molecule has 0 aromatic heterocycles. The van der Waals surface area contributed by atoms with Crippen LogP contribution in [-0.2, 0) is 19.6 Å². The topological polar surface area (TPSA) is 78.0 Å². The Bertz CT molecular complexity index is 545. The zero-order chi connectivity index (χ0) is 15.9. The molecule has 1 saturated carbocycles. The van der Waals surface area contributed by atoms with Crippen LogP contribution in [0.1, 0.15) is 25.7 Å². The summed E-state index contributed by atoms with van der Waals surface area (Å²) < 4.78 is 24.4. The normalized spacial score (nSPS) is 31.6. The lowest BCUT2D eigenvalue weighted by Crippen LogP contribution is -2.52. The number of likely N-dealkylation sites (tertiary alicyclic amines) is 1. The van der Waals surface area contributed by atoms with Gasteiger partial charge in [0.05, 0.1) is 24.8 Å². The Hall–Kier alpha value is -0.990. The van der Waals surface area contributed by atoms with Gasteiger partial charge in [-0.1, -0.05) is 12.8 Å². The number of piperazine rings is 1. The molecular formula is C14H23N3O4S. The standard InChI is InChI=1S/C14H23N3O4S/c1-22(20,21)16-8-6-15(7-9-16)10-17-13(18)11-4-2-3-5-12(11)14(17)19/h11-12H,2-10H2,1H3. The van der Waals surface area contributed by atoms with Crippen molar-refractivity contribution in [2.45, 2.75) is 25.7 Å². The molecule has 0 aromatic rings. The summed E-state index contributed by atoms with van der Waals surface area (Å²) in [4.78, 5) is 28.2. The molecule has 0 bridgehead atoms. The highest BCUT2D eigenvalue weighted by molar-refractivity contribution is 7.88. The van der Waals surface area contributed by atoms with Gasteiger partial charge in [0.25, 0.3) is 0 Å². The van der Waals surface area contributed by atoms with Crippen molar-refractivity contribution in [2.75, 3.05) is 39.1 Å². The maximum absolute atomic E-state index is 12.4. The molecule has 3 aliphatic rings. The molecular weight excluding hydrogens is 306 g/mol. The molecule has 0 radical (unpaired) electrons. The molecule has 2 heterocycles. The lowest BCUT2D eigenvalue weighted by molar-refractivity contribution is -0.142. The minimum Gasteiger partial charge on any atom is -0.283 e. The summed E-state index contributed by atoms with van der Waals surface area (Å²) in [5, 5.41) is 0. The monoisotopic (exact) mass is 329 g/mol. The van der Waals surface area contributed by atoms with Crippen molar-refractivity contribution < 1.29 is 18.0 Å². The van der Waals surface area contributed by atoms with Gasteiger partial charge >= 0.3 is 0 Å². The Labute approximate surface area is 131 Å². The molecule has 22 heavy (non-hydrogen) atoms. The minimum absolute atomic E-state index is 0.0276. The maximum atomic E-state index is 12.4. The van der Waals surface area contributed by atoms with E-state index in [1.165, 1.54) is 15.5 Å². The van der Waals surface area contributed by atoms with Crippen LogP contribution in [0, 0.1) is 11.8 Å². The van der Waals surface area contributed by atoms with Crippen LogP contribution in [0.2, 0.25) is 0 Å². The SMILES string of the molecule is CS(=O)(=O)N1CCN(CN2C(=O)C3CCCCC3C2=O)CC1. The first-order valence-corrected chi connectivity index (χ1v) is 9.75. The Kier molecular flexibility index (Phi) is 4.26. The van der Waals surface area contributed by atoms with Gasteiger partial charge in [0.15, 0.2) is 0 Å². The number of imide groups is 1. The highest BCUT2D eigenvalue weighted by Crippen LogP contribution is 2.38. The first-order chi connectivity index (χ1) is 10.4. The predicted molar refractivity (Wildman–Crippen MR) is 80.2 cm³/mol. The average Bonchev–Trinajstić information content (AvgIpc) is 2.73. The molecule has 3 fully saturated rings. The predicted octanol–water partition coefficient (Wildman–Crippen LogP) is -0.304. The van der Waals surface area contributed by atoms with E-state index in [9.17, 15) is 18.0 Å². The molecule has 2 atom stereocenters. The van der Waals surface area contributed by atoms with Crippen LogP contribution in [-0.4, -0.2) is 73.4 Å². The van der Waals surface area contributed by atoms with Crippen LogP contribution in [0.25, 0.3) is 0 Å². The second kappa shape index (κ2) is 5.90. The lowest BCUT2D eigenvalue weighted by Gasteiger charge is -2.34. The summed E-state index contributed by atoms with van der Waals surface area (Å²) in [5.74, 6) is -0.280. The van der Waals surface area contributed by atoms with Gasteiger partial charge in [-0.05, 0) is 12.8 Å². The molecule has 2 saturated heterocycles. The summed E-state index contributed by atoms with van der Waals surface area (Å²) in [6.45, 7) is 2.25. The molecule has 0 spiro atoms. The Morgan fingerprint density at radius 2 is 1.45 bits per heavy atom. The van der Waals surface area contributed by atoms with Crippen molar-refractivity contribution in [1.29, 1.82) is 0 Å². The fraction of sp³-hybridized carbons (Fsp3) is 0.857. The molecule has 7 nitrogen and oxygen atoms in total. The molecule has 2 amide bonds. The van der Waals surface area contributed by atoms with Crippen LogP contribution in [0.3, 0.4) is 0 Å². The van der Waals surface area contributed by atoms with Crippen LogP contribution >= 0.6 is 0 Å². The molecule has 2 aliphatic heterocycles. The molecule has 2 unspecified atom stereocenters. The van der Waals surface area contributed by atoms with Gasteiger partial charge in [-0.25, -0.2) is 8.42 Å². The van der Waals surface area contributed by atoms with E-state index in [0.29, 0.717) is 32.8 Å². The minimum atomic E-state index is -3.16. The highest BCUT2D eigenvalue weighted by atomic mass is 32.2. The first kappa shape index (κ1) is 15.9. The van der Waals surface area contributed by atoms with E-state index >= 15 is 0 Å². The van der Waals surface area contributed by atoms with E-state index in [0.717, 1.165) is 25.7 Å². The number of sulfonamides is 1. The second-order valence-corrected chi connectivity index (χ2v) is 8.51. The van der Waals surface area contributed by atoms with Crippen molar-refractivity contribution in [1.82, 2.24) is 14.1 Å². The van der Waals surface area contributed by atoms with Gasteiger partial charge in [0.1, 0.15) is 0 Å². The van der Waals surface area contributed by atoms with Crippen LogP contribution in [0.15, 0.2) is 0 Å². The van der Waals surface area contributed by atoms with Crippen molar-refractivity contribution in [3.05, 3.63) is 0 Å². The molecule has 3 rings (SSSR count). The van der Waals surface area contributed by atoms with Crippen molar-refractivity contribution in [3.63, 3.8) is 0 Å². The smallest absolute Gasteiger partial charge is 0.234 e. The summed E-state index contributed by atoms with van der Waals surface area (Å²) >= 11 is 0.